The van der Waals surface area contributed by atoms with Crippen LogP contribution in [0.15, 0.2) is 47.6 Å². The highest BCUT2D eigenvalue weighted by atomic mass is 16.7. The molecule has 14 nitrogen and oxygen atoms in total. The smallest absolute Gasteiger partial charge is 0.198 e. The van der Waals surface area contributed by atoms with Crippen LogP contribution in [-0.4, -0.2) is 115 Å². The molecule has 0 radical (unpaired) electrons. The van der Waals surface area contributed by atoms with Crippen molar-refractivity contribution in [2.75, 3.05) is 0 Å². The lowest BCUT2D eigenvalue weighted by atomic mass is 9.57. The van der Waals surface area contributed by atoms with Gasteiger partial charge in [-0.15, -0.1) is 0 Å². The highest BCUT2D eigenvalue weighted by Gasteiger charge is 2.66. The summed E-state index contributed by atoms with van der Waals surface area (Å²) < 4.78 is 30.0. The van der Waals surface area contributed by atoms with Crippen LogP contribution >= 0.6 is 0 Å². The van der Waals surface area contributed by atoms with Crippen LogP contribution in [0.2, 0.25) is 0 Å². The zero-order valence-electron chi connectivity index (χ0n) is 28.6. The van der Waals surface area contributed by atoms with Crippen molar-refractivity contribution in [3.05, 3.63) is 64.3 Å². The van der Waals surface area contributed by atoms with Gasteiger partial charge in [-0.3, -0.25) is 19.2 Å². The molecule has 274 valence electrons. The van der Waals surface area contributed by atoms with Crippen LogP contribution in [-0.2, 0) is 33.3 Å². The van der Waals surface area contributed by atoms with Crippen LogP contribution < -0.4 is 0 Å². The van der Waals surface area contributed by atoms with Crippen LogP contribution in [0.1, 0.15) is 92.2 Å². The lowest BCUT2D eigenvalue weighted by Gasteiger charge is -2.51. The number of aromatic hydroxyl groups is 1. The number of Topliss-reactive ketones (excluding diaryl/α,β-unsaturated/α-hetero) is 3. The maximum absolute atomic E-state index is 13.9. The molecule has 0 aromatic heterocycles. The first kappa shape index (κ1) is 35.9. The van der Waals surface area contributed by atoms with E-state index in [9.17, 15) is 44.7 Å². The molecule has 7 rings (SSSR count). The lowest BCUT2D eigenvalue weighted by molar-refractivity contribution is -0.292. The molecule has 0 unspecified atom stereocenters. The quantitative estimate of drug-likeness (QED) is 0.294. The fourth-order valence-electron chi connectivity index (χ4n) is 8.27. The summed E-state index contributed by atoms with van der Waals surface area (Å²) in [6.45, 7) is 6.52. The first-order valence-electron chi connectivity index (χ1n) is 17.2. The maximum Gasteiger partial charge on any atom is 0.198 e. The molecular weight excluding hydrogens is 668 g/mol. The Hall–Kier alpha value is -3.44. The molecule has 0 amide bonds. The van der Waals surface area contributed by atoms with E-state index in [0.29, 0.717) is 12.8 Å². The number of ether oxygens (including phenoxy) is 5. The van der Waals surface area contributed by atoms with Gasteiger partial charge in [0.1, 0.15) is 23.6 Å². The van der Waals surface area contributed by atoms with Crippen molar-refractivity contribution in [1.82, 2.24) is 0 Å². The van der Waals surface area contributed by atoms with Crippen molar-refractivity contribution in [2.24, 2.45) is 0 Å². The minimum absolute atomic E-state index is 0.0329. The van der Waals surface area contributed by atoms with E-state index in [1.807, 2.05) is 6.92 Å². The van der Waals surface area contributed by atoms with Gasteiger partial charge in [-0.2, -0.15) is 0 Å². The zero-order valence-corrected chi connectivity index (χ0v) is 28.6. The standard InChI is InChI=1S/C37H42O14/c1-16-22(38)7-9-27(48-16)50-24-8-10-28(49-17(24)2)51-34-18(3)47-25(13-23(34)39)19-5-6-20-29(31(19)41)32(42)21-11-12-36(45)15-35(4,44)14-26(40)37(36,46)30(21)33(20)43/h5-7,9,11-12,16-18,23-25,27-28,34,39,41,44-46H,8,10,13-15H2,1-4H3/t16-,17-,18+,23+,24-,25+,27-,28-,34+,35-,36-,37+/m0/s1. The third-order valence-electron chi connectivity index (χ3n) is 10.9. The normalized spacial score (nSPS) is 42.5. The van der Waals surface area contributed by atoms with E-state index in [-0.39, 0.29) is 46.7 Å². The molecule has 0 spiro atoms. The van der Waals surface area contributed by atoms with Crippen LogP contribution in [0.4, 0.5) is 0 Å². The molecular formula is C37H42O14. The van der Waals surface area contributed by atoms with Crippen LogP contribution in [0.5, 0.6) is 5.75 Å². The van der Waals surface area contributed by atoms with Gasteiger partial charge in [0.05, 0.1) is 47.3 Å². The number of carbonyl (C=O) groups excluding carboxylic acids is 4. The summed E-state index contributed by atoms with van der Waals surface area (Å²) in [5.41, 5.74) is -8.24. The second kappa shape index (κ2) is 12.6. The van der Waals surface area contributed by atoms with Crippen molar-refractivity contribution < 1.29 is 68.4 Å². The minimum Gasteiger partial charge on any atom is -0.507 e. The summed E-state index contributed by atoms with van der Waals surface area (Å²) in [4.78, 5) is 52.7. The predicted octanol–water partition coefficient (Wildman–Crippen LogP) is 1.59. The molecule has 5 N–H and O–H groups in total. The summed E-state index contributed by atoms with van der Waals surface area (Å²) in [5, 5.41) is 56.2. The number of phenolic OH excluding ortho intramolecular Hbond substituents is 1. The van der Waals surface area contributed by atoms with Gasteiger partial charge < -0.3 is 49.2 Å². The molecule has 0 bridgehead atoms. The lowest BCUT2D eigenvalue weighted by Crippen LogP contribution is -2.69. The Morgan fingerprint density at radius 2 is 1.65 bits per heavy atom. The number of aliphatic hydroxyl groups is 4. The number of hydrogen-bond acceptors (Lipinski definition) is 14. The summed E-state index contributed by atoms with van der Waals surface area (Å²) in [5.74, 6) is -3.46. The predicted molar refractivity (Wildman–Crippen MR) is 173 cm³/mol. The summed E-state index contributed by atoms with van der Waals surface area (Å²) in [6.07, 6.45) is -0.990. The minimum atomic E-state index is -2.78. The molecule has 1 saturated carbocycles. The van der Waals surface area contributed by atoms with Gasteiger partial charge in [0, 0.05) is 42.4 Å². The van der Waals surface area contributed by atoms with E-state index >= 15 is 0 Å². The molecule has 1 aromatic rings. The number of rotatable bonds is 5. The van der Waals surface area contributed by atoms with Crippen molar-refractivity contribution in [1.29, 1.82) is 0 Å². The Kier molecular flexibility index (Phi) is 8.88. The van der Waals surface area contributed by atoms with Gasteiger partial charge >= 0.3 is 0 Å². The summed E-state index contributed by atoms with van der Waals surface area (Å²) in [6, 6.07) is 2.66. The fourth-order valence-corrected chi connectivity index (χ4v) is 8.27. The van der Waals surface area contributed by atoms with Crippen molar-refractivity contribution >= 4 is 23.1 Å². The number of phenols is 1. The third kappa shape index (κ3) is 5.86. The molecule has 6 aliphatic rings. The monoisotopic (exact) mass is 710 g/mol. The van der Waals surface area contributed by atoms with Crippen LogP contribution in [0.3, 0.4) is 0 Å². The average Bonchev–Trinajstić information content (AvgIpc) is 3.04. The third-order valence-corrected chi connectivity index (χ3v) is 10.9. The second-order valence-electron chi connectivity index (χ2n) is 14.8. The molecule has 3 fully saturated rings. The number of carbonyl (C=O) groups is 4. The maximum atomic E-state index is 13.9. The van der Waals surface area contributed by atoms with Gasteiger partial charge in [-0.05, 0) is 58.4 Å². The largest absolute Gasteiger partial charge is 0.507 e. The summed E-state index contributed by atoms with van der Waals surface area (Å²) >= 11 is 0. The van der Waals surface area contributed by atoms with Crippen LogP contribution in [0, 0.1) is 0 Å². The van der Waals surface area contributed by atoms with E-state index in [2.05, 4.69) is 0 Å². The first-order valence-corrected chi connectivity index (χ1v) is 17.2. The SMILES string of the molecule is C[C@@H]1O[C@@H](O[C@H]2CC[C@H](O[C@H]3[C@H](O)C[C@H](c4ccc5c(c4O)C(=O)C4=C(C5=O)[C@]5(O)C(=O)C[C@](C)(O)C[C@@]5(O)C=C4)O[C@@H]3C)O[C@H]2C)C=CC1=O. The van der Waals surface area contributed by atoms with Crippen molar-refractivity contribution in [3.63, 3.8) is 0 Å². The van der Waals surface area contributed by atoms with Gasteiger partial charge in [-0.25, -0.2) is 0 Å². The second-order valence-corrected chi connectivity index (χ2v) is 14.8. The van der Waals surface area contributed by atoms with E-state index in [0.717, 1.165) is 12.2 Å². The first-order chi connectivity index (χ1) is 23.9. The molecule has 14 heteroatoms. The van der Waals surface area contributed by atoms with E-state index in [4.69, 9.17) is 23.7 Å². The summed E-state index contributed by atoms with van der Waals surface area (Å²) in [7, 11) is 0. The topological polar surface area (TPSA) is 216 Å². The molecule has 3 heterocycles. The van der Waals surface area contributed by atoms with Crippen molar-refractivity contribution in [3.8, 4) is 5.75 Å². The van der Waals surface area contributed by atoms with Gasteiger partial charge in [0.2, 0.25) is 0 Å². The van der Waals surface area contributed by atoms with Crippen LogP contribution in [0.25, 0.3) is 0 Å². The number of aliphatic hydroxyl groups excluding tert-OH is 1. The Morgan fingerprint density at radius 1 is 0.902 bits per heavy atom. The molecule has 12 atom stereocenters. The molecule has 51 heavy (non-hydrogen) atoms. The Labute approximate surface area is 293 Å². The Bertz CT molecular complexity index is 1760. The van der Waals surface area contributed by atoms with Gasteiger partial charge in [0.25, 0.3) is 0 Å². The van der Waals surface area contributed by atoms with E-state index in [1.54, 1.807) is 19.9 Å². The van der Waals surface area contributed by atoms with Crippen molar-refractivity contribution in [2.45, 2.75) is 132 Å². The number of benzene rings is 1. The molecule has 3 aliphatic carbocycles. The zero-order chi connectivity index (χ0) is 36.8. The van der Waals surface area contributed by atoms with Gasteiger partial charge in [-0.1, -0.05) is 12.1 Å². The van der Waals surface area contributed by atoms with Gasteiger partial charge in [0.15, 0.2) is 41.3 Å². The molecule has 2 saturated heterocycles. The highest BCUT2D eigenvalue weighted by molar-refractivity contribution is 6.32. The van der Waals surface area contributed by atoms with E-state index < -0.39 is 101 Å². The Morgan fingerprint density at radius 3 is 2.33 bits per heavy atom. The number of hydrogen-bond donors (Lipinski definition) is 5. The van der Waals surface area contributed by atoms with E-state index in [1.165, 1.54) is 25.1 Å². The average molecular weight is 711 g/mol. The number of ketones is 4. The highest BCUT2D eigenvalue weighted by Crippen LogP contribution is 2.52. The molecule has 3 aliphatic heterocycles. The number of allylic oxidation sites excluding steroid dienone is 2. The fraction of sp³-hybridized carbons (Fsp3) is 0.568. The molecule has 1 aromatic carbocycles. The Balaban J connectivity index is 1.05. The number of fused-ring (bicyclic) bond motifs is 3.